The third-order valence-corrected chi connectivity index (χ3v) is 24.9. The van der Waals surface area contributed by atoms with Crippen molar-refractivity contribution < 1.29 is 27.8 Å². The Morgan fingerprint density at radius 2 is 1.25 bits per heavy atom. The first kappa shape index (κ1) is 34.2. The van der Waals surface area contributed by atoms with Crippen LogP contribution in [0.4, 0.5) is 0 Å². The summed E-state index contributed by atoms with van der Waals surface area (Å²) < 4.78 is 64.6. The SMILES string of the molecule is [2H][C@]1(S(=O)(=O)c2ccccc2)C[C@@H](O[Si](C)(C)C(C)(C)C)[C@H](O[Si](C)(C)C(C)(C)C)[C@@H](CO[Si](C)(C)C(C)(C)C)O1. The molecule has 0 aliphatic carbocycles. The lowest BCUT2D eigenvalue weighted by Gasteiger charge is -2.50. The summed E-state index contributed by atoms with van der Waals surface area (Å²) in [6, 6.07) is 8.16. The molecule has 4 atom stereocenters. The zero-order chi connectivity index (χ0) is 32.1. The maximum Gasteiger partial charge on any atom is 0.205 e. The van der Waals surface area contributed by atoms with Crippen molar-refractivity contribution in [2.75, 3.05) is 6.61 Å². The molecule has 1 aliphatic rings. The van der Waals surface area contributed by atoms with Gasteiger partial charge in [0, 0.05) is 6.42 Å². The van der Waals surface area contributed by atoms with Crippen molar-refractivity contribution >= 4 is 34.8 Å². The maximum atomic E-state index is 14.1. The summed E-state index contributed by atoms with van der Waals surface area (Å²) in [5, 5.41) is -0.267. The highest BCUT2D eigenvalue weighted by Gasteiger charge is 2.52. The molecular formula is C30H58O6SSi3. The Kier molecular flexibility index (Phi) is 10.2. The van der Waals surface area contributed by atoms with E-state index >= 15 is 0 Å². The van der Waals surface area contributed by atoms with Crippen LogP contribution in [0, 0.1) is 0 Å². The topological polar surface area (TPSA) is 71.1 Å². The number of hydrogen-bond donors (Lipinski definition) is 0. The highest BCUT2D eigenvalue weighted by Crippen LogP contribution is 2.44. The van der Waals surface area contributed by atoms with Crippen molar-refractivity contribution in [3.05, 3.63) is 30.3 Å². The van der Waals surface area contributed by atoms with E-state index in [1.165, 1.54) is 12.1 Å². The molecule has 0 amide bonds. The van der Waals surface area contributed by atoms with Gasteiger partial charge in [0.15, 0.2) is 30.4 Å². The minimum absolute atomic E-state index is 0.0529. The molecule has 0 unspecified atom stereocenters. The average Bonchev–Trinajstić information content (AvgIpc) is 2.77. The van der Waals surface area contributed by atoms with Crippen molar-refractivity contribution in [2.24, 2.45) is 0 Å². The molecule has 0 N–H and O–H groups in total. The van der Waals surface area contributed by atoms with E-state index in [-0.39, 0.29) is 33.0 Å². The lowest BCUT2D eigenvalue weighted by molar-refractivity contribution is -0.147. The Labute approximate surface area is 250 Å². The van der Waals surface area contributed by atoms with Gasteiger partial charge in [0.1, 0.15) is 6.10 Å². The molecule has 0 radical (unpaired) electrons. The van der Waals surface area contributed by atoms with Gasteiger partial charge in [0.05, 0.1) is 25.1 Å². The molecule has 1 aromatic carbocycles. The van der Waals surface area contributed by atoms with Crippen molar-refractivity contribution in [1.82, 2.24) is 0 Å². The van der Waals surface area contributed by atoms with Crippen molar-refractivity contribution in [1.29, 1.82) is 0 Å². The van der Waals surface area contributed by atoms with E-state index in [0.717, 1.165) is 0 Å². The second-order valence-electron chi connectivity index (χ2n) is 15.9. The molecule has 1 heterocycles. The molecule has 0 bridgehead atoms. The lowest BCUT2D eigenvalue weighted by Crippen LogP contribution is -2.61. The first-order chi connectivity index (χ1) is 18.1. The summed E-state index contributed by atoms with van der Waals surface area (Å²) in [6.07, 6.45) is -2.16. The van der Waals surface area contributed by atoms with Crippen LogP contribution in [0.5, 0.6) is 0 Å². The minimum Gasteiger partial charge on any atom is -0.414 e. The van der Waals surface area contributed by atoms with Crippen LogP contribution in [0.15, 0.2) is 35.2 Å². The summed E-state index contributed by atoms with van der Waals surface area (Å²) in [6.45, 7) is 32.7. The van der Waals surface area contributed by atoms with Crippen molar-refractivity contribution in [3.63, 3.8) is 0 Å². The summed E-state index contributed by atoms with van der Waals surface area (Å²) in [7, 11) is -11.2. The van der Waals surface area contributed by atoms with Gasteiger partial charge < -0.3 is 18.0 Å². The van der Waals surface area contributed by atoms with Crippen LogP contribution >= 0.6 is 0 Å². The van der Waals surface area contributed by atoms with Gasteiger partial charge in [0.25, 0.3) is 0 Å². The fourth-order valence-electron chi connectivity index (χ4n) is 3.68. The molecule has 1 aliphatic heterocycles. The third kappa shape index (κ3) is 8.18. The monoisotopic (exact) mass is 631 g/mol. The first-order valence-electron chi connectivity index (χ1n) is 15.1. The summed E-state index contributed by atoms with van der Waals surface area (Å²) in [5.41, 5.74) is -2.25. The van der Waals surface area contributed by atoms with E-state index in [2.05, 4.69) is 102 Å². The Hall–Kier alpha value is -0.339. The highest BCUT2D eigenvalue weighted by atomic mass is 32.2. The number of hydrogen-bond acceptors (Lipinski definition) is 6. The lowest BCUT2D eigenvalue weighted by atomic mass is 10.0. The smallest absolute Gasteiger partial charge is 0.205 e. The fraction of sp³-hybridized carbons (Fsp3) is 0.800. The van der Waals surface area contributed by atoms with Crippen LogP contribution in [-0.2, 0) is 27.9 Å². The normalized spacial score (nSPS) is 26.5. The van der Waals surface area contributed by atoms with E-state index in [4.69, 9.17) is 18.0 Å². The second kappa shape index (κ2) is 12.0. The highest BCUT2D eigenvalue weighted by molar-refractivity contribution is 7.92. The Morgan fingerprint density at radius 1 is 0.800 bits per heavy atom. The Bertz CT molecular complexity index is 1140. The maximum absolute atomic E-state index is 14.1. The van der Waals surface area contributed by atoms with Crippen molar-refractivity contribution in [3.8, 4) is 0 Å². The van der Waals surface area contributed by atoms with E-state index in [1.54, 1.807) is 18.2 Å². The summed E-state index contributed by atoms with van der Waals surface area (Å²) >= 11 is 0. The van der Waals surface area contributed by atoms with Gasteiger partial charge in [-0.3, -0.25) is 0 Å². The molecule has 6 nitrogen and oxygen atoms in total. The van der Waals surface area contributed by atoms with Gasteiger partial charge in [-0.05, 0) is 66.5 Å². The molecule has 0 saturated carbocycles. The standard InChI is InChI=1S/C30H58O6SSi3/c1-28(2,3)38(10,11)33-22-25-27(36-40(14,15)30(7,8)9)24(35-39(12,13)29(4,5)6)21-26(34-25)37(31,32)23-19-17-16-18-20-23/h16-20,24-27H,21-22H2,1-15H3/t24-,25-,26+,27+/m1/s1/i26D. The molecule has 0 spiro atoms. The molecule has 1 saturated heterocycles. The van der Waals surface area contributed by atoms with Crippen LogP contribution < -0.4 is 0 Å². The van der Waals surface area contributed by atoms with Gasteiger partial charge in [-0.15, -0.1) is 0 Å². The number of rotatable bonds is 9. The molecule has 10 heteroatoms. The van der Waals surface area contributed by atoms with Crippen LogP contribution in [0.1, 0.15) is 70.1 Å². The first-order valence-corrected chi connectivity index (χ1v) is 24.8. The van der Waals surface area contributed by atoms with Gasteiger partial charge >= 0.3 is 0 Å². The van der Waals surface area contributed by atoms with Crippen LogP contribution in [0.2, 0.25) is 54.4 Å². The van der Waals surface area contributed by atoms with Crippen LogP contribution in [-0.4, -0.2) is 63.7 Å². The fourth-order valence-corrected chi connectivity index (χ4v) is 8.77. The summed E-state index contributed by atoms with van der Waals surface area (Å²) in [5.74, 6) is 0. The zero-order valence-corrected chi connectivity index (χ0v) is 31.7. The molecule has 0 aromatic heterocycles. The van der Waals surface area contributed by atoms with E-state index in [0.29, 0.717) is 0 Å². The zero-order valence-electron chi connectivity index (χ0n) is 28.9. The van der Waals surface area contributed by atoms with Gasteiger partial charge in [-0.25, -0.2) is 8.42 Å². The van der Waals surface area contributed by atoms with Crippen LogP contribution in [0.25, 0.3) is 0 Å². The molecule has 40 heavy (non-hydrogen) atoms. The largest absolute Gasteiger partial charge is 0.414 e. The van der Waals surface area contributed by atoms with Gasteiger partial charge in [0.2, 0.25) is 9.84 Å². The number of benzene rings is 1. The Morgan fingerprint density at radius 3 is 1.70 bits per heavy atom. The molecule has 1 aromatic rings. The number of sulfone groups is 1. The second-order valence-corrected chi connectivity index (χ2v) is 32.1. The summed E-state index contributed by atoms with van der Waals surface area (Å²) in [4.78, 5) is 0.0638. The van der Waals surface area contributed by atoms with Gasteiger partial charge in [-0.1, -0.05) is 80.5 Å². The predicted molar refractivity (Wildman–Crippen MR) is 174 cm³/mol. The van der Waals surface area contributed by atoms with E-state index in [9.17, 15) is 9.79 Å². The molecule has 2 rings (SSSR count). The van der Waals surface area contributed by atoms with Gasteiger partial charge in [-0.2, -0.15) is 0 Å². The van der Waals surface area contributed by atoms with E-state index in [1.807, 2.05) is 0 Å². The minimum atomic E-state index is -4.20. The van der Waals surface area contributed by atoms with Crippen molar-refractivity contribution in [2.45, 2.75) is 152 Å². The number of ether oxygens (including phenoxy) is 1. The Balaban J connectivity index is 2.72. The molecule has 232 valence electrons. The van der Waals surface area contributed by atoms with E-state index < -0.39 is 58.5 Å². The van der Waals surface area contributed by atoms with Crippen LogP contribution in [0.3, 0.4) is 0 Å². The quantitative estimate of drug-likeness (QED) is 0.255. The predicted octanol–water partition coefficient (Wildman–Crippen LogP) is 8.38. The third-order valence-electron chi connectivity index (χ3n) is 9.64. The molecule has 1 fully saturated rings. The average molecular weight is 632 g/mol. The molecular weight excluding hydrogens is 573 g/mol.